The highest BCUT2D eigenvalue weighted by Crippen LogP contribution is 2.50. The van der Waals surface area contributed by atoms with Crippen LogP contribution in [0, 0.1) is 35.5 Å². The molecule has 4 rings (SSSR count). The molecule has 0 radical (unpaired) electrons. The summed E-state index contributed by atoms with van der Waals surface area (Å²) in [5, 5.41) is 0. The second kappa shape index (κ2) is 11.5. The van der Waals surface area contributed by atoms with Crippen LogP contribution < -0.4 is 0 Å². The second-order valence-corrected chi connectivity index (χ2v) is 12.6. The molecule has 0 amide bonds. The van der Waals surface area contributed by atoms with E-state index in [1.165, 1.54) is 81.8 Å². The molecule has 0 bridgehead atoms. The van der Waals surface area contributed by atoms with E-state index in [0.717, 1.165) is 12.3 Å². The molecule has 4 heteroatoms. The molecule has 0 aromatic heterocycles. The van der Waals surface area contributed by atoms with Crippen LogP contribution in [0.5, 0.6) is 0 Å². The molecule has 0 saturated heterocycles. The summed E-state index contributed by atoms with van der Waals surface area (Å²) in [6.45, 7) is 9.18. The first-order valence-corrected chi connectivity index (χ1v) is 14.8. The molecule has 4 aliphatic carbocycles. The van der Waals surface area contributed by atoms with Gasteiger partial charge in [-0.15, -0.1) is 0 Å². The third kappa shape index (κ3) is 6.07. The highest BCUT2D eigenvalue weighted by Gasteiger charge is 2.40. The van der Waals surface area contributed by atoms with Gasteiger partial charge in [-0.1, -0.05) is 84.3 Å². The highest BCUT2D eigenvalue weighted by atomic mass is 31.2. The lowest BCUT2D eigenvalue weighted by Crippen LogP contribution is -2.37. The summed E-state index contributed by atoms with van der Waals surface area (Å²) in [4.78, 5) is 11.1. The van der Waals surface area contributed by atoms with Gasteiger partial charge >= 0.3 is 8.60 Å². The van der Waals surface area contributed by atoms with Crippen LogP contribution in [0.15, 0.2) is 23.3 Å². The van der Waals surface area contributed by atoms with Crippen LogP contribution in [0.4, 0.5) is 0 Å². The Labute approximate surface area is 198 Å². The summed E-state index contributed by atoms with van der Waals surface area (Å²) in [5.41, 5.74) is 2.77. The molecule has 7 unspecified atom stereocenters. The largest absolute Gasteiger partial charge is 0.331 e. The third-order valence-electron chi connectivity index (χ3n) is 8.83. The van der Waals surface area contributed by atoms with Gasteiger partial charge < -0.3 is 13.9 Å². The Kier molecular flexibility index (Phi) is 8.93. The Bertz CT molecular complexity index is 658. The first kappa shape index (κ1) is 24.9. The molecule has 182 valence electrons. The van der Waals surface area contributed by atoms with Crippen molar-refractivity contribution in [3.8, 4) is 0 Å². The van der Waals surface area contributed by atoms with Crippen molar-refractivity contribution in [1.29, 1.82) is 0 Å². The van der Waals surface area contributed by atoms with E-state index in [4.69, 9.17) is 9.05 Å². The fourth-order valence-electron chi connectivity index (χ4n) is 7.38. The second-order valence-electron chi connectivity index (χ2n) is 11.7. The van der Waals surface area contributed by atoms with E-state index < -0.39 is 8.60 Å². The van der Waals surface area contributed by atoms with Crippen molar-refractivity contribution < 1.29 is 13.9 Å². The van der Waals surface area contributed by atoms with Gasteiger partial charge in [0.2, 0.25) is 0 Å². The van der Waals surface area contributed by atoms with Gasteiger partial charge in [0.05, 0.1) is 12.2 Å². The fraction of sp³-hybridized carbons (Fsp3) is 0.857. The molecule has 32 heavy (non-hydrogen) atoms. The average Bonchev–Trinajstić information content (AvgIpc) is 2.78. The van der Waals surface area contributed by atoms with E-state index in [2.05, 4.69) is 39.8 Å². The smallest absolute Gasteiger partial charge is 0.328 e. The topological polar surface area (TPSA) is 38.7 Å². The van der Waals surface area contributed by atoms with Gasteiger partial charge in [-0.3, -0.25) is 0 Å². The molecular weight excluding hydrogens is 415 g/mol. The number of hydrogen-bond acceptors (Lipinski definition) is 3. The van der Waals surface area contributed by atoms with Crippen molar-refractivity contribution >= 4 is 8.60 Å². The molecule has 3 nitrogen and oxygen atoms in total. The maximum Gasteiger partial charge on any atom is 0.331 e. The van der Waals surface area contributed by atoms with Crippen LogP contribution in [-0.2, 0) is 9.05 Å². The molecule has 0 spiro atoms. The zero-order chi connectivity index (χ0) is 22.7. The van der Waals surface area contributed by atoms with E-state index in [9.17, 15) is 4.89 Å². The quantitative estimate of drug-likeness (QED) is 0.318. The zero-order valence-electron chi connectivity index (χ0n) is 21.0. The first-order chi connectivity index (χ1) is 15.4. The Morgan fingerprint density at radius 2 is 1.38 bits per heavy atom. The third-order valence-corrected chi connectivity index (χ3v) is 9.65. The van der Waals surface area contributed by atoms with E-state index >= 15 is 0 Å². The Morgan fingerprint density at radius 1 is 0.781 bits per heavy atom. The van der Waals surface area contributed by atoms with Crippen LogP contribution in [0.3, 0.4) is 0 Å². The molecule has 1 N–H and O–H groups in total. The summed E-state index contributed by atoms with van der Waals surface area (Å²) in [5.74, 6) is 3.53. The minimum absolute atomic E-state index is 0.0188. The Hall–Kier alpha value is -0.210. The first-order valence-electron chi connectivity index (χ1n) is 13.6. The normalized spacial score (nSPS) is 38.8. The van der Waals surface area contributed by atoms with Gasteiger partial charge in [-0.2, -0.15) is 0 Å². The summed E-state index contributed by atoms with van der Waals surface area (Å²) in [6.07, 6.45) is 20.5. The lowest BCUT2D eigenvalue weighted by Gasteiger charge is -2.42. The molecule has 0 aromatic rings. The maximum absolute atomic E-state index is 11.1. The van der Waals surface area contributed by atoms with Crippen molar-refractivity contribution in [2.75, 3.05) is 0 Å². The van der Waals surface area contributed by atoms with E-state index in [-0.39, 0.29) is 12.2 Å². The lowest BCUT2D eigenvalue weighted by molar-refractivity contribution is 0.0440. The lowest BCUT2D eigenvalue weighted by atomic mass is 9.70. The van der Waals surface area contributed by atoms with Crippen LogP contribution in [-0.4, -0.2) is 17.1 Å². The van der Waals surface area contributed by atoms with Crippen molar-refractivity contribution in [2.24, 2.45) is 35.5 Å². The van der Waals surface area contributed by atoms with Gasteiger partial charge in [-0.25, -0.2) is 0 Å². The molecule has 0 aromatic carbocycles. The van der Waals surface area contributed by atoms with Crippen molar-refractivity contribution in [3.05, 3.63) is 23.3 Å². The molecule has 0 heterocycles. The Morgan fingerprint density at radius 3 is 2.06 bits per heavy atom. The minimum Gasteiger partial charge on any atom is -0.328 e. The Balaban J connectivity index is 1.45. The van der Waals surface area contributed by atoms with E-state index in [0.29, 0.717) is 29.6 Å². The van der Waals surface area contributed by atoms with Crippen molar-refractivity contribution in [3.63, 3.8) is 0 Å². The predicted molar refractivity (Wildman–Crippen MR) is 134 cm³/mol. The summed E-state index contributed by atoms with van der Waals surface area (Å²) in [7, 11) is -1.89. The average molecular weight is 463 g/mol. The van der Waals surface area contributed by atoms with Crippen LogP contribution >= 0.6 is 8.60 Å². The molecule has 2 fully saturated rings. The zero-order valence-corrected chi connectivity index (χ0v) is 21.9. The van der Waals surface area contributed by atoms with Gasteiger partial charge in [0.15, 0.2) is 0 Å². The molecule has 2 saturated carbocycles. The van der Waals surface area contributed by atoms with Gasteiger partial charge in [0.1, 0.15) is 0 Å². The van der Waals surface area contributed by atoms with Gasteiger partial charge in [0, 0.05) is 0 Å². The fourth-order valence-corrected chi connectivity index (χ4v) is 8.47. The number of rotatable bonds is 6. The summed E-state index contributed by atoms with van der Waals surface area (Å²) < 4.78 is 12.9. The monoisotopic (exact) mass is 462 g/mol. The SMILES string of the molecule is CC1=CC(C)CC(C2CCCCC2)C1OP(O)OC1C(C2CCCCC2)=CC(C)CC1C. The maximum atomic E-state index is 11.1. The highest BCUT2D eigenvalue weighted by molar-refractivity contribution is 7.40. The summed E-state index contributed by atoms with van der Waals surface area (Å²) in [6, 6.07) is 0. The molecule has 0 aliphatic heterocycles. The summed E-state index contributed by atoms with van der Waals surface area (Å²) >= 11 is 0. The van der Waals surface area contributed by atoms with Gasteiger partial charge in [0.25, 0.3) is 0 Å². The van der Waals surface area contributed by atoms with Crippen LogP contribution in [0.2, 0.25) is 0 Å². The minimum atomic E-state index is -1.89. The van der Waals surface area contributed by atoms with E-state index in [1.807, 2.05) is 0 Å². The van der Waals surface area contributed by atoms with Crippen LogP contribution in [0.25, 0.3) is 0 Å². The standard InChI is InChI=1S/C28H47O3P/c1-19-15-21(3)27(25(17-19)23-11-7-5-8-12-23)30-32(29)31-28-22(4)16-20(2)18-26(28)24-13-9-6-10-14-24/h15,18-20,22-25,27-29H,5-14,16-17H2,1-4H3. The predicted octanol–water partition coefficient (Wildman–Crippen LogP) is 8.34. The van der Waals surface area contributed by atoms with Crippen molar-refractivity contribution in [1.82, 2.24) is 0 Å². The van der Waals surface area contributed by atoms with Crippen molar-refractivity contribution in [2.45, 2.75) is 117 Å². The number of allylic oxidation sites excluding steroid dienone is 2. The van der Waals surface area contributed by atoms with Gasteiger partial charge in [-0.05, 0) is 79.3 Å². The molecular formula is C28H47O3P. The van der Waals surface area contributed by atoms with Crippen LogP contribution in [0.1, 0.15) is 105 Å². The number of hydrogen-bond donors (Lipinski definition) is 1. The molecule has 7 atom stereocenters. The molecule has 4 aliphatic rings. The van der Waals surface area contributed by atoms with E-state index in [1.54, 1.807) is 0 Å².